The predicted octanol–water partition coefficient (Wildman–Crippen LogP) is 1.75. The fraction of sp³-hybridized carbons (Fsp3) is 0.667. The van der Waals surface area contributed by atoms with Gasteiger partial charge in [-0.05, 0) is 25.7 Å². The molecule has 0 amide bonds. The van der Waals surface area contributed by atoms with E-state index in [1.165, 1.54) is 0 Å². The van der Waals surface area contributed by atoms with Gasteiger partial charge in [0.25, 0.3) is 0 Å². The van der Waals surface area contributed by atoms with Crippen LogP contribution in [0.5, 0.6) is 0 Å². The number of hydrogen-bond acceptors (Lipinski definition) is 6. The van der Waals surface area contributed by atoms with Crippen LogP contribution in [0.4, 0.5) is 0 Å². The zero-order valence-electron chi connectivity index (χ0n) is 13.9. The second-order valence-corrected chi connectivity index (χ2v) is 3.99. The average molecular weight is 457 g/mol. The summed E-state index contributed by atoms with van der Waals surface area (Å²) in [6, 6.07) is 0. The van der Waals surface area contributed by atoms with Gasteiger partial charge in [0.05, 0.1) is 0 Å². The van der Waals surface area contributed by atoms with Gasteiger partial charge in [-0.15, -0.1) is 0 Å². The summed E-state index contributed by atoms with van der Waals surface area (Å²) in [7, 11) is 0. The molecule has 0 radical (unpaired) electrons. The largest absolute Gasteiger partial charge is 0.481 e. The number of carboxylic acids is 4. The van der Waals surface area contributed by atoms with Crippen molar-refractivity contribution < 1.29 is 78.6 Å². The molecule has 0 saturated carbocycles. The summed E-state index contributed by atoms with van der Waals surface area (Å²) in [6.07, 6.45) is 2.04. The van der Waals surface area contributed by atoms with E-state index < -0.39 is 23.9 Å². The minimum atomic E-state index is -0.870. The Labute approximate surface area is 166 Å². The van der Waals surface area contributed by atoms with E-state index in [0.717, 1.165) is 0 Å². The van der Waals surface area contributed by atoms with E-state index >= 15 is 0 Å². The Morgan fingerprint density at radius 1 is 0.458 bits per heavy atom. The van der Waals surface area contributed by atoms with Crippen LogP contribution in [0.15, 0.2) is 0 Å². The van der Waals surface area contributed by atoms with E-state index in [9.17, 15) is 19.2 Å². The Bertz CT molecular complexity index is 279. The van der Waals surface area contributed by atoms with Gasteiger partial charge in [-0.2, -0.15) is 0 Å². The molecule has 0 bridgehead atoms. The number of rotatable bonds is 10. The first-order valence-corrected chi connectivity index (χ1v) is 6.13. The van der Waals surface area contributed by atoms with Crippen LogP contribution in [0.25, 0.3) is 0 Å². The maximum Gasteiger partial charge on any atom is 0.303 e. The van der Waals surface area contributed by atoms with Gasteiger partial charge >= 0.3 is 23.9 Å². The number of aliphatic carboxylic acids is 4. The minimum absolute atomic E-state index is 0. The molecular weight excluding hydrogens is 431 g/mol. The van der Waals surface area contributed by atoms with Gasteiger partial charge < -0.3 is 32.7 Å². The number of unbranched alkanes of at least 4 members (excludes halogenated alkanes) is 2. The first-order chi connectivity index (χ1) is 9.25. The average Bonchev–Trinajstić information content (AvgIpc) is 2.30. The van der Waals surface area contributed by atoms with Gasteiger partial charge in [-0.25, -0.2) is 0 Å². The predicted molar refractivity (Wildman–Crippen MR) is 77.5 cm³/mol. The third-order valence-electron chi connectivity index (χ3n) is 2.06. The normalized spacial score (nSPS) is 7.67. The summed E-state index contributed by atoms with van der Waals surface area (Å²) in [5.74, 6) is -3.48. The number of carbonyl (C=O) groups is 4. The molecule has 24 heavy (non-hydrogen) atoms. The van der Waals surface area contributed by atoms with Crippen molar-refractivity contribution in [1.82, 2.24) is 12.3 Å². The van der Waals surface area contributed by atoms with E-state index in [-0.39, 0.29) is 76.9 Å². The van der Waals surface area contributed by atoms with Crippen LogP contribution >= 0.6 is 0 Å². The molecule has 0 atom stereocenters. The van der Waals surface area contributed by atoms with Crippen molar-refractivity contribution in [3.05, 3.63) is 0 Å². The summed E-state index contributed by atoms with van der Waals surface area (Å²) in [5, 5.41) is 32.5. The van der Waals surface area contributed by atoms with Gasteiger partial charge in [0.15, 0.2) is 0 Å². The second kappa shape index (κ2) is 26.9. The monoisotopic (exact) mass is 454 g/mol. The van der Waals surface area contributed by atoms with Crippen molar-refractivity contribution in [3.8, 4) is 0 Å². The van der Waals surface area contributed by atoms with E-state index in [0.29, 0.717) is 25.7 Å². The van der Waals surface area contributed by atoms with Gasteiger partial charge in [-0.1, -0.05) is 0 Å². The van der Waals surface area contributed by atoms with E-state index in [2.05, 4.69) is 0 Å². The molecule has 0 rings (SSSR count). The van der Waals surface area contributed by atoms with Crippen LogP contribution in [-0.2, 0) is 58.1 Å². The number of carboxylic acid groups (broad SMARTS) is 4. The van der Waals surface area contributed by atoms with Crippen LogP contribution in [-0.4, -0.2) is 44.3 Å². The first kappa shape index (κ1) is 38.5. The molecule has 0 aromatic rings. The summed E-state index contributed by atoms with van der Waals surface area (Å²) >= 11 is 0. The second-order valence-electron chi connectivity index (χ2n) is 3.99. The summed E-state index contributed by atoms with van der Waals surface area (Å²) in [4.78, 5) is 39.6. The number of hydrogen-bond donors (Lipinski definition) is 6. The van der Waals surface area contributed by atoms with Gasteiger partial charge in [-0.3, -0.25) is 19.2 Å². The molecule has 0 heterocycles. The molecule has 0 aromatic heterocycles. The van der Waals surface area contributed by atoms with Crippen LogP contribution < -0.4 is 12.3 Å². The maximum atomic E-state index is 9.90. The quantitative estimate of drug-likeness (QED) is 0.206. The molecule has 0 aliphatic heterocycles. The zero-order chi connectivity index (χ0) is 16.0. The molecule has 10 N–H and O–H groups in total. The van der Waals surface area contributed by atoms with Crippen LogP contribution in [0, 0.1) is 0 Å². The van der Waals surface area contributed by atoms with Crippen LogP contribution in [0.1, 0.15) is 51.4 Å². The smallest absolute Gasteiger partial charge is 0.303 e. The van der Waals surface area contributed by atoms with Gasteiger partial charge in [0.2, 0.25) is 0 Å². The Hall–Kier alpha value is -0.953. The topological polar surface area (TPSA) is 219 Å². The standard InChI is InChI=1S/2C6H10O4.2H3N.2Zn/c2*7-5(8)3-1-2-4-6(9)10;;;;/h2*1-4H2,(H,7,8)(H,9,10);2*1H3;;. The van der Waals surface area contributed by atoms with E-state index in [1.54, 1.807) is 0 Å². The zero-order valence-corrected chi connectivity index (χ0v) is 19.8. The molecule has 0 saturated heterocycles. The molecule has 0 unspecified atom stereocenters. The summed E-state index contributed by atoms with van der Waals surface area (Å²) < 4.78 is 0. The van der Waals surface area contributed by atoms with Crippen molar-refractivity contribution in [2.24, 2.45) is 0 Å². The van der Waals surface area contributed by atoms with Crippen molar-refractivity contribution >= 4 is 23.9 Å². The maximum absolute atomic E-state index is 9.90. The van der Waals surface area contributed by atoms with Gasteiger partial charge in [0, 0.05) is 64.6 Å². The summed E-state index contributed by atoms with van der Waals surface area (Å²) in [6.45, 7) is 0. The summed E-state index contributed by atoms with van der Waals surface area (Å²) in [5.41, 5.74) is 0. The molecular formula is C12H26N2O8Zn2. The fourth-order valence-electron chi connectivity index (χ4n) is 1.10. The Kier molecular flexibility index (Phi) is 43.2. The Balaban J connectivity index is -0.0000000579. The van der Waals surface area contributed by atoms with E-state index in [4.69, 9.17) is 20.4 Å². The third-order valence-corrected chi connectivity index (χ3v) is 2.06. The minimum Gasteiger partial charge on any atom is -0.481 e. The third kappa shape index (κ3) is 49.7. The Morgan fingerprint density at radius 3 is 0.667 bits per heavy atom. The van der Waals surface area contributed by atoms with Crippen molar-refractivity contribution in [3.63, 3.8) is 0 Å². The molecule has 0 aliphatic carbocycles. The molecule has 0 aromatic carbocycles. The van der Waals surface area contributed by atoms with Crippen LogP contribution in [0.2, 0.25) is 0 Å². The van der Waals surface area contributed by atoms with Gasteiger partial charge in [0.1, 0.15) is 0 Å². The van der Waals surface area contributed by atoms with Crippen molar-refractivity contribution in [2.75, 3.05) is 0 Å². The molecule has 12 heteroatoms. The van der Waals surface area contributed by atoms with Crippen molar-refractivity contribution in [1.29, 1.82) is 0 Å². The molecule has 136 valence electrons. The first-order valence-electron chi connectivity index (χ1n) is 6.13. The SMILES string of the molecule is N.N.O=C(O)CCCCC(=O)O.O=C(O)CCCCC(=O)O.[Zn].[Zn]. The van der Waals surface area contributed by atoms with Crippen LogP contribution in [0.3, 0.4) is 0 Å². The molecule has 0 aliphatic rings. The molecule has 0 fully saturated rings. The van der Waals surface area contributed by atoms with Crippen molar-refractivity contribution in [2.45, 2.75) is 51.4 Å². The van der Waals surface area contributed by atoms with E-state index in [1.807, 2.05) is 0 Å². The molecule has 0 spiro atoms. The fourth-order valence-corrected chi connectivity index (χ4v) is 1.10. The molecule has 10 nitrogen and oxygen atoms in total. The Morgan fingerprint density at radius 2 is 0.583 bits per heavy atom.